The van der Waals surface area contributed by atoms with Gasteiger partial charge >= 0.3 is 0 Å². The van der Waals surface area contributed by atoms with E-state index in [1.165, 1.54) is 0 Å². The molecule has 0 aliphatic heterocycles. The van der Waals surface area contributed by atoms with E-state index in [9.17, 15) is 4.91 Å². The Labute approximate surface area is 143 Å². The molecule has 0 unspecified atom stereocenters. The molecule has 1 aromatic heterocycles. The third-order valence-electron chi connectivity index (χ3n) is 3.48. The van der Waals surface area contributed by atoms with Gasteiger partial charge in [0, 0.05) is 10.6 Å². The zero-order valence-electron chi connectivity index (χ0n) is 12.8. The maximum absolute atomic E-state index is 10.2. The summed E-state index contributed by atoms with van der Waals surface area (Å²) >= 11 is 5.96. The van der Waals surface area contributed by atoms with E-state index in [0.717, 1.165) is 22.7 Å². The Morgan fingerprint density at radius 1 is 1.12 bits per heavy atom. The zero-order valence-corrected chi connectivity index (χ0v) is 13.6. The zero-order chi connectivity index (χ0) is 16.9. The lowest BCUT2D eigenvalue weighted by Gasteiger charge is -2.08. The fourth-order valence-corrected chi connectivity index (χ4v) is 2.47. The van der Waals surface area contributed by atoms with Gasteiger partial charge in [-0.05, 0) is 42.5 Å². The molecular weight excluding hydrogens is 330 g/mol. The van der Waals surface area contributed by atoms with Crippen LogP contribution in [0.5, 0.6) is 5.75 Å². The minimum Gasteiger partial charge on any atom is -0.497 e. The lowest BCUT2D eigenvalue weighted by atomic mass is 10.1. The molecule has 0 fully saturated rings. The molecule has 6 nitrogen and oxygen atoms in total. The van der Waals surface area contributed by atoms with Crippen LogP contribution >= 0.6 is 11.6 Å². The minimum absolute atomic E-state index is 0.00719. The second-order valence-corrected chi connectivity index (χ2v) is 5.42. The lowest BCUT2D eigenvalue weighted by molar-refractivity contribution is 0.123. The highest BCUT2D eigenvalue weighted by Crippen LogP contribution is 2.26. The van der Waals surface area contributed by atoms with Gasteiger partial charge in [0.05, 0.1) is 18.5 Å². The number of ether oxygens (including phenoxy) is 1. The molecule has 0 aliphatic rings. The van der Waals surface area contributed by atoms with Crippen LogP contribution in [0, 0.1) is 4.91 Å². The van der Waals surface area contributed by atoms with Crippen LogP contribution in [0.15, 0.2) is 59.9 Å². The second kappa shape index (κ2) is 7.14. The van der Waals surface area contributed by atoms with Gasteiger partial charge in [-0.15, -0.1) is 4.91 Å². The van der Waals surface area contributed by atoms with E-state index < -0.39 is 0 Å². The van der Waals surface area contributed by atoms with Gasteiger partial charge in [-0.25, -0.2) is 4.68 Å². The molecule has 0 saturated heterocycles. The van der Waals surface area contributed by atoms with Gasteiger partial charge in [0.2, 0.25) is 0 Å². The number of halogens is 1. The summed E-state index contributed by atoms with van der Waals surface area (Å²) in [7, 11) is 1.62. The number of benzene rings is 2. The number of nitrogens with zero attached hydrogens (tertiary/aromatic N) is 3. The summed E-state index contributed by atoms with van der Waals surface area (Å²) in [6, 6.07) is 16.8. The van der Waals surface area contributed by atoms with Gasteiger partial charge in [0.1, 0.15) is 11.4 Å². The quantitative estimate of drug-likeness (QED) is 0.491. The van der Waals surface area contributed by atoms with Crippen LogP contribution in [0.1, 0.15) is 5.69 Å². The first-order valence-electron chi connectivity index (χ1n) is 7.15. The van der Waals surface area contributed by atoms with E-state index in [4.69, 9.17) is 16.3 Å². The molecule has 3 rings (SSSR count). The standard InChI is InChI=1S/C17H14ClN3O3/c1-23-16-8-6-15(7-9-16)21-17(10-14(19-21)11-24-20-22)12-2-4-13(18)5-3-12/h2-10H,11H2,1H3. The van der Waals surface area contributed by atoms with Crippen molar-refractivity contribution >= 4 is 11.6 Å². The highest BCUT2D eigenvalue weighted by molar-refractivity contribution is 6.30. The van der Waals surface area contributed by atoms with Crippen molar-refractivity contribution in [2.45, 2.75) is 6.61 Å². The van der Waals surface area contributed by atoms with Crippen molar-refractivity contribution in [2.75, 3.05) is 7.11 Å². The first kappa shape index (κ1) is 16.0. The van der Waals surface area contributed by atoms with E-state index in [1.54, 1.807) is 11.8 Å². The van der Waals surface area contributed by atoms with Crippen LogP contribution in [-0.2, 0) is 11.4 Å². The summed E-state index contributed by atoms with van der Waals surface area (Å²) in [5.74, 6) is 0.757. The number of rotatable bonds is 6. The van der Waals surface area contributed by atoms with Gasteiger partial charge in [0.15, 0.2) is 11.9 Å². The normalized spacial score (nSPS) is 10.4. The van der Waals surface area contributed by atoms with Crippen LogP contribution in [-0.4, -0.2) is 16.9 Å². The predicted octanol–water partition coefficient (Wildman–Crippen LogP) is 4.40. The fourth-order valence-electron chi connectivity index (χ4n) is 2.34. The molecule has 3 aromatic rings. The number of hydrogen-bond donors (Lipinski definition) is 0. The first-order valence-corrected chi connectivity index (χ1v) is 7.53. The summed E-state index contributed by atoms with van der Waals surface area (Å²) in [6.45, 7) is 0.00719. The average molecular weight is 344 g/mol. The van der Waals surface area contributed by atoms with Crippen LogP contribution in [0.25, 0.3) is 16.9 Å². The SMILES string of the molecule is COc1ccc(-n2nc(CON=O)cc2-c2ccc(Cl)cc2)cc1. The molecule has 0 N–H and O–H groups in total. The topological polar surface area (TPSA) is 65.7 Å². The lowest BCUT2D eigenvalue weighted by Crippen LogP contribution is -2.00. The van der Waals surface area contributed by atoms with Crippen LogP contribution in [0.2, 0.25) is 5.02 Å². The third kappa shape index (κ3) is 3.38. The van der Waals surface area contributed by atoms with Gasteiger partial charge in [-0.3, -0.25) is 0 Å². The first-order chi connectivity index (χ1) is 11.7. The van der Waals surface area contributed by atoms with E-state index in [-0.39, 0.29) is 6.61 Å². The molecule has 0 amide bonds. The highest BCUT2D eigenvalue weighted by Gasteiger charge is 2.12. The molecule has 24 heavy (non-hydrogen) atoms. The molecule has 1 heterocycles. The van der Waals surface area contributed by atoms with Crippen molar-refractivity contribution in [3.8, 4) is 22.7 Å². The fraction of sp³-hybridized carbons (Fsp3) is 0.118. The minimum atomic E-state index is 0.00719. The Bertz CT molecular complexity index is 829. The Hall–Kier alpha value is -2.86. The van der Waals surface area contributed by atoms with Crippen molar-refractivity contribution in [1.82, 2.24) is 9.78 Å². The molecule has 122 valence electrons. The summed E-state index contributed by atoms with van der Waals surface area (Å²) < 4.78 is 6.95. The van der Waals surface area contributed by atoms with Gasteiger partial charge < -0.3 is 9.57 Å². The molecular formula is C17H14ClN3O3. The highest BCUT2D eigenvalue weighted by atomic mass is 35.5. The maximum Gasteiger partial charge on any atom is 0.164 e. The van der Waals surface area contributed by atoms with Crippen molar-refractivity contribution in [1.29, 1.82) is 0 Å². The smallest absolute Gasteiger partial charge is 0.164 e. The number of methoxy groups -OCH3 is 1. The summed E-state index contributed by atoms with van der Waals surface area (Å²) in [5, 5.41) is 7.56. The molecule has 0 aliphatic carbocycles. The predicted molar refractivity (Wildman–Crippen MR) is 91.1 cm³/mol. The monoisotopic (exact) mass is 343 g/mol. The summed E-state index contributed by atoms with van der Waals surface area (Å²) in [5.41, 5.74) is 3.23. The van der Waals surface area contributed by atoms with Crippen molar-refractivity contribution in [3.63, 3.8) is 0 Å². The summed E-state index contributed by atoms with van der Waals surface area (Å²) in [4.78, 5) is 14.8. The average Bonchev–Trinajstić information content (AvgIpc) is 3.05. The molecule has 0 spiro atoms. The molecule has 7 heteroatoms. The Balaban J connectivity index is 2.05. The van der Waals surface area contributed by atoms with Crippen molar-refractivity contribution in [2.24, 2.45) is 5.34 Å². The Morgan fingerprint density at radius 2 is 1.83 bits per heavy atom. The van der Waals surface area contributed by atoms with E-state index in [2.05, 4.69) is 15.3 Å². The number of aromatic nitrogens is 2. The Morgan fingerprint density at radius 3 is 2.46 bits per heavy atom. The molecule has 2 aromatic carbocycles. The molecule has 0 atom stereocenters. The summed E-state index contributed by atoms with van der Waals surface area (Å²) in [6.07, 6.45) is 0. The Kier molecular flexibility index (Phi) is 4.77. The van der Waals surface area contributed by atoms with Crippen molar-refractivity contribution < 1.29 is 9.57 Å². The number of hydrogen-bond acceptors (Lipinski definition) is 5. The van der Waals surface area contributed by atoms with E-state index in [0.29, 0.717) is 10.7 Å². The second-order valence-electron chi connectivity index (χ2n) is 4.99. The van der Waals surface area contributed by atoms with E-state index in [1.807, 2.05) is 54.6 Å². The van der Waals surface area contributed by atoms with E-state index >= 15 is 0 Å². The third-order valence-corrected chi connectivity index (χ3v) is 3.73. The van der Waals surface area contributed by atoms with Gasteiger partial charge in [-0.1, -0.05) is 23.7 Å². The molecule has 0 saturated carbocycles. The van der Waals surface area contributed by atoms with Crippen LogP contribution < -0.4 is 4.74 Å². The molecule has 0 bridgehead atoms. The molecule has 0 radical (unpaired) electrons. The van der Waals surface area contributed by atoms with Crippen LogP contribution in [0.3, 0.4) is 0 Å². The van der Waals surface area contributed by atoms with Gasteiger partial charge in [-0.2, -0.15) is 5.10 Å². The maximum atomic E-state index is 10.2. The van der Waals surface area contributed by atoms with Crippen molar-refractivity contribution in [3.05, 3.63) is 70.2 Å². The largest absolute Gasteiger partial charge is 0.497 e. The van der Waals surface area contributed by atoms with Gasteiger partial charge in [0.25, 0.3) is 0 Å². The van der Waals surface area contributed by atoms with Crippen LogP contribution in [0.4, 0.5) is 0 Å².